The van der Waals surface area contributed by atoms with Gasteiger partial charge in [0.25, 0.3) is 0 Å². The molecule has 1 aliphatic carbocycles. The number of amides is 1. The van der Waals surface area contributed by atoms with Crippen molar-refractivity contribution in [3.05, 3.63) is 29.6 Å². The van der Waals surface area contributed by atoms with Crippen LogP contribution < -0.4 is 5.32 Å². The van der Waals surface area contributed by atoms with Gasteiger partial charge < -0.3 is 5.32 Å². The number of hydrogen-bond donors (Lipinski definition) is 1. The van der Waals surface area contributed by atoms with E-state index in [0.29, 0.717) is 5.69 Å². The zero-order valence-electron chi connectivity index (χ0n) is 10.7. The van der Waals surface area contributed by atoms with Crippen molar-refractivity contribution >= 4 is 11.6 Å². The van der Waals surface area contributed by atoms with E-state index in [0.717, 1.165) is 5.56 Å². The summed E-state index contributed by atoms with van der Waals surface area (Å²) in [5.41, 5.74) is 1.15. The maximum Gasteiger partial charge on any atom is 0.248 e. The molecule has 0 radical (unpaired) electrons. The molecule has 1 aromatic carbocycles. The summed E-state index contributed by atoms with van der Waals surface area (Å²) in [5.74, 6) is -3.80. The number of rotatable bonds is 2. The Kier molecular flexibility index (Phi) is 3.83. The summed E-state index contributed by atoms with van der Waals surface area (Å²) in [4.78, 5) is 12.0. The van der Waals surface area contributed by atoms with Gasteiger partial charge >= 0.3 is 0 Å². The molecule has 1 aliphatic rings. The second kappa shape index (κ2) is 5.23. The number of halogens is 3. The third-order valence-electron chi connectivity index (χ3n) is 3.55. The molecule has 0 unspecified atom stereocenters. The van der Waals surface area contributed by atoms with Crippen LogP contribution in [0.1, 0.15) is 31.2 Å². The summed E-state index contributed by atoms with van der Waals surface area (Å²) in [5, 5.41) is 2.62. The standard InChI is InChI=1S/C14H16F3NO/c1-9-2-3-11(15)8-12(9)18-13(19)10-4-6-14(16,17)7-5-10/h2-3,8,10H,4-7H2,1H3,(H,18,19). The summed E-state index contributed by atoms with van der Waals surface area (Å²) < 4.78 is 39.1. The number of alkyl halides is 2. The zero-order valence-corrected chi connectivity index (χ0v) is 10.7. The fourth-order valence-corrected chi connectivity index (χ4v) is 2.27. The number of carbonyl (C=O) groups is 1. The molecule has 0 atom stereocenters. The Balaban J connectivity index is 2.00. The van der Waals surface area contributed by atoms with Gasteiger partial charge in [0, 0.05) is 24.4 Å². The van der Waals surface area contributed by atoms with E-state index in [1.165, 1.54) is 12.1 Å². The highest BCUT2D eigenvalue weighted by Gasteiger charge is 2.37. The number of anilines is 1. The molecule has 1 saturated carbocycles. The normalized spacial score (nSPS) is 19.2. The predicted octanol–water partition coefficient (Wildman–Crippen LogP) is 3.90. The molecule has 1 fully saturated rings. The number of carbonyl (C=O) groups excluding carboxylic acids is 1. The van der Waals surface area contributed by atoms with Gasteiger partial charge in [0.05, 0.1) is 0 Å². The molecule has 2 rings (SSSR count). The lowest BCUT2D eigenvalue weighted by molar-refractivity contribution is -0.124. The minimum Gasteiger partial charge on any atom is -0.326 e. The highest BCUT2D eigenvalue weighted by atomic mass is 19.3. The third kappa shape index (κ3) is 3.49. The van der Waals surface area contributed by atoms with E-state index in [-0.39, 0.29) is 31.6 Å². The van der Waals surface area contributed by atoms with Gasteiger partial charge in [0.2, 0.25) is 11.8 Å². The lowest BCUT2D eigenvalue weighted by atomic mass is 9.86. The molecule has 1 N–H and O–H groups in total. The van der Waals surface area contributed by atoms with Gasteiger partial charge in [-0.05, 0) is 37.5 Å². The fourth-order valence-electron chi connectivity index (χ4n) is 2.27. The maximum atomic E-state index is 13.1. The Morgan fingerprint density at radius 2 is 1.95 bits per heavy atom. The van der Waals surface area contributed by atoms with Crippen LogP contribution in [-0.2, 0) is 4.79 Å². The third-order valence-corrected chi connectivity index (χ3v) is 3.55. The number of benzene rings is 1. The summed E-state index contributed by atoms with van der Waals surface area (Å²) in [6.07, 6.45) is -0.166. The van der Waals surface area contributed by atoms with Gasteiger partial charge in [-0.3, -0.25) is 4.79 Å². The van der Waals surface area contributed by atoms with Crippen LogP contribution in [-0.4, -0.2) is 11.8 Å². The molecule has 5 heteroatoms. The molecular formula is C14H16F3NO. The van der Waals surface area contributed by atoms with Crippen molar-refractivity contribution in [1.29, 1.82) is 0 Å². The first kappa shape index (κ1) is 13.9. The second-order valence-corrected chi connectivity index (χ2v) is 5.08. The molecule has 1 aromatic rings. The molecule has 0 aliphatic heterocycles. The zero-order chi connectivity index (χ0) is 14.0. The summed E-state index contributed by atoms with van der Waals surface area (Å²) in [6.45, 7) is 1.75. The van der Waals surface area contributed by atoms with Crippen molar-refractivity contribution in [3.63, 3.8) is 0 Å². The molecule has 1 amide bonds. The molecule has 0 heterocycles. The van der Waals surface area contributed by atoms with Crippen molar-refractivity contribution in [2.75, 3.05) is 5.32 Å². The molecular weight excluding hydrogens is 255 g/mol. The van der Waals surface area contributed by atoms with Gasteiger partial charge in [-0.15, -0.1) is 0 Å². The van der Waals surface area contributed by atoms with Gasteiger partial charge in [-0.1, -0.05) is 6.07 Å². The van der Waals surface area contributed by atoms with E-state index < -0.39 is 17.7 Å². The molecule has 104 valence electrons. The Hall–Kier alpha value is -1.52. The quantitative estimate of drug-likeness (QED) is 0.868. The van der Waals surface area contributed by atoms with Crippen LogP contribution in [0.25, 0.3) is 0 Å². The average Bonchev–Trinajstić information content (AvgIpc) is 2.33. The lowest BCUT2D eigenvalue weighted by Crippen LogP contribution is -2.32. The van der Waals surface area contributed by atoms with Crippen LogP contribution in [0.4, 0.5) is 18.9 Å². The highest BCUT2D eigenvalue weighted by Crippen LogP contribution is 2.36. The molecule has 2 nitrogen and oxygen atoms in total. The summed E-state index contributed by atoms with van der Waals surface area (Å²) >= 11 is 0. The predicted molar refractivity (Wildman–Crippen MR) is 66.7 cm³/mol. The first-order chi connectivity index (χ1) is 8.87. The molecule has 0 spiro atoms. The van der Waals surface area contributed by atoms with Crippen molar-refractivity contribution in [2.45, 2.75) is 38.5 Å². The van der Waals surface area contributed by atoms with Crippen molar-refractivity contribution in [2.24, 2.45) is 5.92 Å². The fraction of sp³-hybridized carbons (Fsp3) is 0.500. The first-order valence-electron chi connectivity index (χ1n) is 6.32. The Morgan fingerprint density at radius 1 is 1.32 bits per heavy atom. The van der Waals surface area contributed by atoms with E-state index in [2.05, 4.69) is 5.32 Å². The van der Waals surface area contributed by atoms with Crippen LogP contribution in [0, 0.1) is 18.7 Å². The molecule has 0 aromatic heterocycles. The maximum absolute atomic E-state index is 13.1. The van der Waals surface area contributed by atoms with Gasteiger partial charge in [0.15, 0.2) is 0 Å². The van der Waals surface area contributed by atoms with E-state index >= 15 is 0 Å². The van der Waals surface area contributed by atoms with Gasteiger partial charge in [-0.25, -0.2) is 13.2 Å². The van der Waals surface area contributed by atoms with E-state index in [1.807, 2.05) is 0 Å². The van der Waals surface area contributed by atoms with Gasteiger partial charge in [0.1, 0.15) is 5.82 Å². The van der Waals surface area contributed by atoms with Crippen molar-refractivity contribution < 1.29 is 18.0 Å². The first-order valence-corrected chi connectivity index (χ1v) is 6.32. The molecule has 19 heavy (non-hydrogen) atoms. The largest absolute Gasteiger partial charge is 0.326 e. The average molecular weight is 271 g/mol. The van der Waals surface area contributed by atoms with E-state index in [1.54, 1.807) is 13.0 Å². The minimum atomic E-state index is -2.65. The number of hydrogen-bond acceptors (Lipinski definition) is 1. The van der Waals surface area contributed by atoms with Gasteiger partial charge in [-0.2, -0.15) is 0 Å². The van der Waals surface area contributed by atoms with Crippen LogP contribution >= 0.6 is 0 Å². The monoisotopic (exact) mass is 271 g/mol. The van der Waals surface area contributed by atoms with Crippen LogP contribution in [0.2, 0.25) is 0 Å². The van der Waals surface area contributed by atoms with E-state index in [9.17, 15) is 18.0 Å². The topological polar surface area (TPSA) is 29.1 Å². The van der Waals surface area contributed by atoms with E-state index in [4.69, 9.17) is 0 Å². The highest BCUT2D eigenvalue weighted by molar-refractivity contribution is 5.93. The van der Waals surface area contributed by atoms with Crippen LogP contribution in [0.5, 0.6) is 0 Å². The number of aryl methyl sites for hydroxylation is 1. The second-order valence-electron chi connectivity index (χ2n) is 5.08. The Morgan fingerprint density at radius 3 is 2.58 bits per heavy atom. The smallest absolute Gasteiger partial charge is 0.248 e. The summed E-state index contributed by atoms with van der Waals surface area (Å²) in [6, 6.07) is 4.12. The molecule has 0 saturated heterocycles. The molecule has 0 bridgehead atoms. The van der Waals surface area contributed by atoms with Crippen molar-refractivity contribution in [1.82, 2.24) is 0 Å². The van der Waals surface area contributed by atoms with Crippen molar-refractivity contribution in [3.8, 4) is 0 Å². The Bertz CT molecular complexity index is 478. The SMILES string of the molecule is Cc1ccc(F)cc1NC(=O)C1CCC(F)(F)CC1. The lowest BCUT2D eigenvalue weighted by Gasteiger charge is -2.27. The van der Waals surface area contributed by atoms with Crippen LogP contribution in [0.3, 0.4) is 0 Å². The number of nitrogens with one attached hydrogen (secondary N) is 1. The minimum absolute atomic E-state index is 0.174. The Labute approximate surface area is 110 Å². The summed E-state index contributed by atoms with van der Waals surface area (Å²) in [7, 11) is 0. The van der Waals surface area contributed by atoms with Crippen LogP contribution in [0.15, 0.2) is 18.2 Å².